The van der Waals surface area contributed by atoms with Gasteiger partial charge in [0.15, 0.2) is 0 Å². The summed E-state index contributed by atoms with van der Waals surface area (Å²) in [6.45, 7) is 4.31. The summed E-state index contributed by atoms with van der Waals surface area (Å²) in [5.41, 5.74) is 5.18. The molecule has 0 spiro atoms. The lowest BCUT2D eigenvalue weighted by atomic mass is 10.0. The van der Waals surface area contributed by atoms with Crippen molar-refractivity contribution in [3.8, 4) is 11.3 Å². The Morgan fingerprint density at radius 2 is 1.62 bits per heavy atom. The molecule has 0 atom stereocenters. The maximum Gasteiger partial charge on any atom is 0.256 e. The fourth-order valence-electron chi connectivity index (χ4n) is 3.28. The zero-order valence-electron chi connectivity index (χ0n) is 16.3. The first-order valence-corrected chi connectivity index (χ1v) is 10.4. The zero-order valence-corrected chi connectivity index (χ0v) is 17.9. The molecule has 0 unspecified atom stereocenters. The number of pyridine rings is 1. The molecule has 144 valence electrons. The molecular weight excluding hydrogens is 424 g/mol. The number of fused-ring (bicyclic) bond motifs is 1. The first-order valence-electron chi connectivity index (χ1n) is 9.58. The highest BCUT2D eigenvalue weighted by molar-refractivity contribution is 9.10. The van der Waals surface area contributed by atoms with Gasteiger partial charge in [0, 0.05) is 21.1 Å². The second-order valence-electron chi connectivity index (χ2n) is 7.31. The summed E-state index contributed by atoms with van der Waals surface area (Å²) < 4.78 is 1.00. The molecule has 1 N–H and O–H groups in total. The average molecular weight is 445 g/mol. The number of rotatable bonds is 4. The molecule has 1 aromatic heterocycles. The number of amides is 1. The molecule has 3 nitrogen and oxygen atoms in total. The normalized spacial score (nSPS) is 11.0. The second-order valence-corrected chi connectivity index (χ2v) is 8.23. The average Bonchev–Trinajstić information content (AvgIpc) is 2.74. The molecule has 4 heteroatoms. The summed E-state index contributed by atoms with van der Waals surface area (Å²) in [7, 11) is 0. The number of anilines is 1. The lowest BCUT2D eigenvalue weighted by molar-refractivity contribution is 0.102. The van der Waals surface area contributed by atoms with Gasteiger partial charge < -0.3 is 5.32 Å². The van der Waals surface area contributed by atoms with Crippen LogP contribution in [0.5, 0.6) is 0 Å². The van der Waals surface area contributed by atoms with Crippen LogP contribution in [0.15, 0.2) is 83.3 Å². The summed E-state index contributed by atoms with van der Waals surface area (Å²) in [6, 6.07) is 25.5. The van der Waals surface area contributed by atoms with E-state index < -0.39 is 0 Å². The fraction of sp³-hybridized carbons (Fsp3) is 0.120. The predicted octanol–water partition coefficient (Wildman–Crippen LogP) is 7.04. The zero-order chi connectivity index (χ0) is 20.4. The van der Waals surface area contributed by atoms with E-state index >= 15 is 0 Å². The quantitative estimate of drug-likeness (QED) is 0.366. The van der Waals surface area contributed by atoms with Crippen molar-refractivity contribution in [2.24, 2.45) is 0 Å². The molecule has 0 aliphatic rings. The Labute approximate surface area is 178 Å². The molecule has 0 saturated heterocycles. The monoisotopic (exact) mass is 444 g/mol. The van der Waals surface area contributed by atoms with Crippen LogP contribution < -0.4 is 5.32 Å². The maximum absolute atomic E-state index is 13.1. The Balaban J connectivity index is 1.73. The van der Waals surface area contributed by atoms with Gasteiger partial charge in [0.25, 0.3) is 5.91 Å². The van der Waals surface area contributed by atoms with E-state index in [4.69, 9.17) is 4.98 Å². The standard InChI is InChI=1S/C25H21BrN2O/c1-16(2)17-9-13-20(14-10-17)27-25(29)22-15-24(18-7-11-19(26)12-8-18)28-23-6-4-3-5-21(22)23/h3-16H,1-2H3,(H,27,29). The third-order valence-corrected chi connectivity index (χ3v) is 5.46. The number of carbonyl (C=O) groups excluding carboxylic acids is 1. The van der Waals surface area contributed by atoms with E-state index in [2.05, 4.69) is 47.2 Å². The molecule has 0 aliphatic heterocycles. The van der Waals surface area contributed by atoms with Crippen molar-refractivity contribution >= 4 is 38.4 Å². The number of benzene rings is 3. The summed E-state index contributed by atoms with van der Waals surface area (Å²) in [5.74, 6) is 0.316. The first kappa shape index (κ1) is 19.3. The van der Waals surface area contributed by atoms with Crippen LogP contribution in [-0.4, -0.2) is 10.9 Å². The van der Waals surface area contributed by atoms with Crippen LogP contribution in [-0.2, 0) is 0 Å². The summed E-state index contributed by atoms with van der Waals surface area (Å²) >= 11 is 3.46. The number of nitrogens with one attached hydrogen (secondary N) is 1. The van der Waals surface area contributed by atoms with Crippen molar-refractivity contribution in [1.29, 1.82) is 0 Å². The predicted molar refractivity (Wildman–Crippen MR) is 123 cm³/mol. The molecule has 1 heterocycles. The minimum atomic E-state index is -0.140. The van der Waals surface area contributed by atoms with Gasteiger partial charge in [0.1, 0.15) is 0 Å². The summed E-state index contributed by atoms with van der Waals surface area (Å²) in [6.07, 6.45) is 0. The number of carbonyl (C=O) groups is 1. The maximum atomic E-state index is 13.1. The Hall–Kier alpha value is -2.98. The number of hydrogen-bond donors (Lipinski definition) is 1. The van der Waals surface area contributed by atoms with Gasteiger partial charge in [-0.1, -0.05) is 72.2 Å². The Kier molecular flexibility index (Phi) is 5.45. The topological polar surface area (TPSA) is 42.0 Å². The fourth-order valence-corrected chi connectivity index (χ4v) is 3.55. The van der Waals surface area contributed by atoms with Gasteiger partial charge in [-0.05, 0) is 47.9 Å². The molecular formula is C25H21BrN2O. The molecule has 3 aromatic carbocycles. The molecule has 0 bridgehead atoms. The van der Waals surface area contributed by atoms with Gasteiger partial charge in [0.2, 0.25) is 0 Å². The number of hydrogen-bond acceptors (Lipinski definition) is 2. The van der Waals surface area contributed by atoms with Gasteiger partial charge in [-0.25, -0.2) is 4.98 Å². The van der Waals surface area contributed by atoms with E-state index in [0.717, 1.165) is 32.3 Å². The van der Waals surface area contributed by atoms with Gasteiger partial charge in [-0.2, -0.15) is 0 Å². The largest absolute Gasteiger partial charge is 0.322 e. The highest BCUT2D eigenvalue weighted by Crippen LogP contribution is 2.27. The molecule has 0 radical (unpaired) electrons. The van der Waals surface area contributed by atoms with E-state index in [9.17, 15) is 4.79 Å². The van der Waals surface area contributed by atoms with Crippen LogP contribution in [0.25, 0.3) is 22.2 Å². The Morgan fingerprint density at radius 1 is 0.931 bits per heavy atom. The second kappa shape index (κ2) is 8.18. The molecule has 4 rings (SSSR count). The lowest BCUT2D eigenvalue weighted by Gasteiger charge is -2.12. The lowest BCUT2D eigenvalue weighted by Crippen LogP contribution is -2.13. The smallest absolute Gasteiger partial charge is 0.256 e. The van der Waals surface area contributed by atoms with Crippen molar-refractivity contribution in [2.45, 2.75) is 19.8 Å². The van der Waals surface area contributed by atoms with E-state index in [0.29, 0.717) is 11.5 Å². The third kappa shape index (κ3) is 4.22. The van der Waals surface area contributed by atoms with Gasteiger partial charge in [-0.3, -0.25) is 4.79 Å². The number of halogens is 1. The van der Waals surface area contributed by atoms with Crippen molar-refractivity contribution in [3.63, 3.8) is 0 Å². The molecule has 1 amide bonds. The summed E-state index contributed by atoms with van der Waals surface area (Å²) in [4.78, 5) is 17.9. The van der Waals surface area contributed by atoms with Crippen molar-refractivity contribution in [1.82, 2.24) is 4.98 Å². The van der Waals surface area contributed by atoms with Crippen LogP contribution in [0.3, 0.4) is 0 Å². The van der Waals surface area contributed by atoms with E-state index in [-0.39, 0.29) is 5.91 Å². The van der Waals surface area contributed by atoms with Gasteiger partial charge in [0.05, 0.1) is 16.8 Å². The number of para-hydroxylation sites is 1. The van der Waals surface area contributed by atoms with Crippen molar-refractivity contribution in [2.75, 3.05) is 5.32 Å². The van der Waals surface area contributed by atoms with E-state index in [1.54, 1.807) is 0 Å². The molecule has 4 aromatic rings. The summed E-state index contributed by atoms with van der Waals surface area (Å²) in [5, 5.41) is 3.87. The Bertz CT molecular complexity index is 1170. The number of aromatic nitrogens is 1. The highest BCUT2D eigenvalue weighted by Gasteiger charge is 2.14. The van der Waals surface area contributed by atoms with E-state index in [1.807, 2.05) is 66.7 Å². The third-order valence-electron chi connectivity index (χ3n) is 4.94. The SMILES string of the molecule is CC(C)c1ccc(NC(=O)c2cc(-c3ccc(Br)cc3)nc3ccccc23)cc1. The molecule has 0 saturated carbocycles. The van der Waals surface area contributed by atoms with Crippen LogP contribution in [0, 0.1) is 0 Å². The highest BCUT2D eigenvalue weighted by atomic mass is 79.9. The van der Waals surface area contributed by atoms with E-state index in [1.165, 1.54) is 5.56 Å². The van der Waals surface area contributed by atoms with Crippen LogP contribution in [0.2, 0.25) is 0 Å². The number of nitrogens with zero attached hydrogens (tertiary/aromatic N) is 1. The Morgan fingerprint density at radius 3 is 2.31 bits per heavy atom. The van der Waals surface area contributed by atoms with Crippen LogP contribution in [0.1, 0.15) is 35.7 Å². The molecule has 29 heavy (non-hydrogen) atoms. The first-order chi connectivity index (χ1) is 14.0. The minimum absolute atomic E-state index is 0.140. The van der Waals surface area contributed by atoms with Crippen LogP contribution >= 0.6 is 15.9 Å². The molecule has 0 fully saturated rings. The van der Waals surface area contributed by atoms with Gasteiger partial charge in [-0.15, -0.1) is 0 Å². The van der Waals surface area contributed by atoms with Crippen molar-refractivity contribution in [3.05, 3.63) is 94.5 Å². The van der Waals surface area contributed by atoms with Crippen LogP contribution in [0.4, 0.5) is 5.69 Å². The molecule has 0 aliphatic carbocycles. The van der Waals surface area contributed by atoms with Gasteiger partial charge >= 0.3 is 0 Å². The van der Waals surface area contributed by atoms with Crippen molar-refractivity contribution < 1.29 is 4.79 Å². The minimum Gasteiger partial charge on any atom is -0.322 e.